The predicted octanol–water partition coefficient (Wildman–Crippen LogP) is -1.05. The van der Waals surface area contributed by atoms with E-state index in [2.05, 4.69) is 0 Å². The maximum absolute atomic E-state index is 10.8. The number of nitrogens with two attached hydrogens (primary N) is 2. The van der Waals surface area contributed by atoms with Crippen LogP contribution in [0.3, 0.4) is 0 Å². The molecule has 1 atom stereocenters. The van der Waals surface area contributed by atoms with Gasteiger partial charge in [0.2, 0.25) is 11.8 Å². The molecule has 15 heavy (non-hydrogen) atoms. The average Bonchev–Trinajstić information content (AvgIpc) is 2.11. The van der Waals surface area contributed by atoms with Crippen LogP contribution < -0.4 is 11.5 Å². The Balaban J connectivity index is 4.50. The van der Waals surface area contributed by atoms with Gasteiger partial charge in [-0.2, -0.15) is 5.26 Å². The minimum atomic E-state index is -0.535. The third kappa shape index (κ3) is 5.65. The van der Waals surface area contributed by atoms with Crippen molar-refractivity contribution in [2.24, 2.45) is 11.5 Å². The van der Waals surface area contributed by atoms with Crippen molar-refractivity contribution >= 4 is 11.8 Å². The van der Waals surface area contributed by atoms with Gasteiger partial charge in [0.1, 0.15) is 0 Å². The van der Waals surface area contributed by atoms with Crippen molar-refractivity contribution < 1.29 is 9.59 Å². The lowest BCUT2D eigenvalue weighted by Gasteiger charge is -2.26. The van der Waals surface area contributed by atoms with Crippen LogP contribution >= 0.6 is 0 Å². The summed E-state index contributed by atoms with van der Waals surface area (Å²) >= 11 is 0. The molecule has 6 heteroatoms. The van der Waals surface area contributed by atoms with Gasteiger partial charge in [0.05, 0.1) is 25.6 Å². The Hall–Kier alpha value is -1.61. The van der Waals surface area contributed by atoms with Crippen molar-refractivity contribution in [3.05, 3.63) is 0 Å². The van der Waals surface area contributed by atoms with Crippen molar-refractivity contribution in [1.29, 1.82) is 5.26 Å². The summed E-state index contributed by atoms with van der Waals surface area (Å²) in [5.41, 5.74) is 10.1. The van der Waals surface area contributed by atoms with Crippen LogP contribution in [-0.4, -0.2) is 35.8 Å². The molecule has 0 fully saturated rings. The summed E-state index contributed by atoms with van der Waals surface area (Å²) in [6.45, 7) is 1.77. The van der Waals surface area contributed by atoms with Crippen LogP contribution in [0.5, 0.6) is 0 Å². The fourth-order valence-corrected chi connectivity index (χ4v) is 1.35. The molecule has 84 valence electrons. The molecule has 1 unspecified atom stereocenters. The fourth-order valence-electron chi connectivity index (χ4n) is 1.35. The van der Waals surface area contributed by atoms with Crippen LogP contribution in [0.4, 0.5) is 0 Å². The fraction of sp³-hybridized carbons (Fsp3) is 0.667. The van der Waals surface area contributed by atoms with E-state index in [1.165, 1.54) is 4.90 Å². The molecule has 0 aromatic heterocycles. The van der Waals surface area contributed by atoms with Crippen molar-refractivity contribution in [2.45, 2.75) is 25.8 Å². The normalized spacial score (nSPS) is 12.1. The number of nitrogens with zero attached hydrogens (tertiary/aromatic N) is 2. The first-order valence-corrected chi connectivity index (χ1v) is 4.68. The highest BCUT2D eigenvalue weighted by molar-refractivity contribution is 5.79. The predicted molar refractivity (Wildman–Crippen MR) is 54.3 cm³/mol. The van der Waals surface area contributed by atoms with Crippen LogP contribution in [0.1, 0.15) is 19.8 Å². The second kappa shape index (κ2) is 6.79. The first kappa shape index (κ1) is 13.4. The van der Waals surface area contributed by atoms with Gasteiger partial charge in [0, 0.05) is 6.04 Å². The Kier molecular flexibility index (Phi) is 6.06. The number of carbonyl (C=O) groups is 2. The van der Waals surface area contributed by atoms with Gasteiger partial charge >= 0.3 is 0 Å². The molecule has 0 aromatic rings. The second-order valence-corrected chi connectivity index (χ2v) is 3.26. The first-order valence-electron chi connectivity index (χ1n) is 4.68. The third-order valence-corrected chi connectivity index (χ3v) is 2.03. The highest BCUT2D eigenvalue weighted by Gasteiger charge is 2.19. The van der Waals surface area contributed by atoms with E-state index in [9.17, 15) is 9.59 Å². The number of hydrogen-bond acceptors (Lipinski definition) is 4. The summed E-state index contributed by atoms with van der Waals surface area (Å²) in [4.78, 5) is 23.1. The molecule has 2 amide bonds. The SMILES string of the molecule is CCC(CC#N)N(CC(N)=O)CC(N)=O. The van der Waals surface area contributed by atoms with E-state index in [4.69, 9.17) is 16.7 Å². The number of hydrogen-bond donors (Lipinski definition) is 2. The summed E-state index contributed by atoms with van der Waals surface area (Å²) in [6.07, 6.45) is 0.908. The minimum absolute atomic E-state index is 0.0525. The first-order chi connectivity index (χ1) is 7.01. The maximum atomic E-state index is 10.8. The lowest BCUT2D eigenvalue weighted by Crippen LogP contribution is -2.45. The molecular weight excluding hydrogens is 196 g/mol. The lowest BCUT2D eigenvalue weighted by molar-refractivity contribution is -0.122. The van der Waals surface area contributed by atoms with Gasteiger partial charge in [-0.25, -0.2) is 0 Å². The summed E-state index contributed by atoms with van der Waals surface area (Å²) in [5, 5.41) is 8.58. The van der Waals surface area contributed by atoms with Gasteiger partial charge in [-0.1, -0.05) is 6.92 Å². The zero-order valence-electron chi connectivity index (χ0n) is 8.77. The Morgan fingerprint density at radius 3 is 2.07 bits per heavy atom. The quantitative estimate of drug-likeness (QED) is 0.560. The molecule has 0 bridgehead atoms. The molecule has 0 spiro atoms. The maximum Gasteiger partial charge on any atom is 0.231 e. The van der Waals surface area contributed by atoms with E-state index >= 15 is 0 Å². The van der Waals surface area contributed by atoms with Gasteiger partial charge in [0.15, 0.2) is 0 Å². The number of amides is 2. The van der Waals surface area contributed by atoms with Gasteiger partial charge in [0.25, 0.3) is 0 Å². The van der Waals surface area contributed by atoms with E-state index in [0.29, 0.717) is 6.42 Å². The number of nitriles is 1. The largest absolute Gasteiger partial charge is 0.369 e. The molecule has 0 radical (unpaired) electrons. The van der Waals surface area contributed by atoms with E-state index in [1.807, 2.05) is 13.0 Å². The van der Waals surface area contributed by atoms with Crippen molar-refractivity contribution in [3.63, 3.8) is 0 Å². The Labute approximate surface area is 88.8 Å². The summed E-state index contributed by atoms with van der Waals surface area (Å²) in [5.74, 6) is -1.07. The van der Waals surface area contributed by atoms with E-state index in [0.717, 1.165) is 0 Å². The highest BCUT2D eigenvalue weighted by Crippen LogP contribution is 2.07. The smallest absolute Gasteiger partial charge is 0.231 e. The standard InChI is InChI=1S/C9H16N4O2/c1-2-7(3-4-10)13(5-8(11)14)6-9(12)15/h7H,2-3,5-6H2,1H3,(H2,11,14)(H2,12,15). The second-order valence-electron chi connectivity index (χ2n) is 3.26. The Morgan fingerprint density at radius 2 is 1.80 bits per heavy atom. The Morgan fingerprint density at radius 1 is 1.33 bits per heavy atom. The lowest BCUT2D eigenvalue weighted by atomic mass is 10.1. The van der Waals surface area contributed by atoms with Crippen LogP contribution in [0.15, 0.2) is 0 Å². The van der Waals surface area contributed by atoms with Gasteiger partial charge in [-0.3, -0.25) is 14.5 Å². The third-order valence-electron chi connectivity index (χ3n) is 2.03. The van der Waals surface area contributed by atoms with E-state index in [1.54, 1.807) is 0 Å². The Bertz CT molecular complexity index is 256. The molecule has 6 nitrogen and oxygen atoms in total. The number of carbonyl (C=O) groups excluding carboxylic acids is 2. The molecule has 0 aliphatic heterocycles. The molecule has 0 aliphatic rings. The van der Waals surface area contributed by atoms with Crippen molar-refractivity contribution in [2.75, 3.05) is 13.1 Å². The highest BCUT2D eigenvalue weighted by atomic mass is 16.2. The van der Waals surface area contributed by atoms with Gasteiger partial charge in [-0.05, 0) is 6.42 Å². The number of rotatable bonds is 7. The van der Waals surface area contributed by atoms with Crippen molar-refractivity contribution in [3.8, 4) is 6.07 Å². The summed E-state index contributed by atoms with van der Waals surface area (Å²) in [7, 11) is 0. The van der Waals surface area contributed by atoms with Crippen LogP contribution in [0.25, 0.3) is 0 Å². The minimum Gasteiger partial charge on any atom is -0.369 e. The zero-order valence-corrected chi connectivity index (χ0v) is 8.77. The van der Waals surface area contributed by atoms with Crippen LogP contribution in [0, 0.1) is 11.3 Å². The van der Waals surface area contributed by atoms with Crippen LogP contribution in [-0.2, 0) is 9.59 Å². The van der Waals surface area contributed by atoms with Crippen molar-refractivity contribution in [1.82, 2.24) is 4.90 Å². The van der Waals surface area contributed by atoms with E-state index < -0.39 is 11.8 Å². The summed E-state index contributed by atoms with van der Waals surface area (Å²) in [6, 6.07) is 1.84. The molecule has 0 heterocycles. The average molecular weight is 212 g/mol. The van der Waals surface area contributed by atoms with Gasteiger partial charge in [-0.15, -0.1) is 0 Å². The van der Waals surface area contributed by atoms with Crippen LogP contribution in [0.2, 0.25) is 0 Å². The molecular formula is C9H16N4O2. The number of primary amides is 2. The summed E-state index contributed by atoms with van der Waals surface area (Å²) < 4.78 is 0. The molecule has 0 saturated heterocycles. The van der Waals surface area contributed by atoms with Gasteiger partial charge < -0.3 is 11.5 Å². The molecule has 0 aliphatic carbocycles. The monoisotopic (exact) mass is 212 g/mol. The van der Waals surface area contributed by atoms with E-state index in [-0.39, 0.29) is 25.6 Å². The zero-order chi connectivity index (χ0) is 11.8. The molecule has 4 N–H and O–H groups in total. The molecule has 0 saturated carbocycles. The molecule has 0 rings (SSSR count). The topological polar surface area (TPSA) is 113 Å². The molecule has 0 aromatic carbocycles.